The second kappa shape index (κ2) is 4.52. The van der Waals surface area contributed by atoms with Gasteiger partial charge in [-0.2, -0.15) is 0 Å². The van der Waals surface area contributed by atoms with Gasteiger partial charge in [0.2, 0.25) is 0 Å². The van der Waals surface area contributed by atoms with Crippen molar-refractivity contribution < 1.29 is 9.90 Å². The maximum absolute atomic E-state index is 10.6. The molecular weight excluding hydrogens is 208 g/mol. The fraction of sp³-hybridized carbons (Fsp3) is 0.200. The minimum Gasteiger partial charge on any atom is -0.480 e. The Labute approximate surface area is 91.5 Å². The third kappa shape index (κ3) is 2.41. The van der Waals surface area contributed by atoms with Crippen LogP contribution in [0, 0.1) is 0 Å². The summed E-state index contributed by atoms with van der Waals surface area (Å²) in [6, 6.07) is 9.64. The molecule has 0 bridgehead atoms. The van der Waals surface area contributed by atoms with Crippen molar-refractivity contribution in [1.29, 1.82) is 0 Å². The first kappa shape index (κ1) is 10.3. The number of tetrazole rings is 1. The standard InChI is InChI=1S/C10H10N4O2/c15-10(16)7-14-9(11-12-13-14)6-8-4-2-1-3-5-8/h1-5H,6-7H2,(H,15,16). The van der Waals surface area contributed by atoms with Crippen LogP contribution in [0.2, 0.25) is 0 Å². The fourth-order valence-electron chi connectivity index (χ4n) is 1.38. The minimum atomic E-state index is -0.957. The first-order valence-electron chi connectivity index (χ1n) is 4.76. The lowest BCUT2D eigenvalue weighted by atomic mass is 10.1. The van der Waals surface area contributed by atoms with Crippen molar-refractivity contribution in [2.75, 3.05) is 0 Å². The molecule has 6 heteroatoms. The van der Waals surface area contributed by atoms with Crippen LogP contribution in [0.3, 0.4) is 0 Å². The number of aliphatic carboxylic acids is 1. The Morgan fingerprint density at radius 2 is 2.06 bits per heavy atom. The molecule has 0 atom stereocenters. The third-order valence-electron chi connectivity index (χ3n) is 2.10. The number of aromatic nitrogens is 4. The monoisotopic (exact) mass is 218 g/mol. The van der Waals surface area contributed by atoms with Crippen molar-refractivity contribution in [3.8, 4) is 0 Å². The van der Waals surface area contributed by atoms with Crippen molar-refractivity contribution in [3.63, 3.8) is 0 Å². The molecule has 2 rings (SSSR count). The van der Waals surface area contributed by atoms with Crippen molar-refractivity contribution in [2.45, 2.75) is 13.0 Å². The number of carboxylic acid groups (broad SMARTS) is 1. The van der Waals surface area contributed by atoms with Gasteiger partial charge >= 0.3 is 5.97 Å². The topological polar surface area (TPSA) is 80.9 Å². The van der Waals surface area contributed by atoms with E-state index in [1.54, 1.807) is 0 Å². The Hall–Kier alpha value is -2.24. The van der Waals surface area contributed by atoms with Gasteiger partial charge in [0.15, 0.2) is 5.82 Å². The second-order valence-electron chi connectivity index (χ2n) is 3.31. The van der Waals surface area contributed by atoms with E-state index in [0.717, 1.165) is 5.56 Å². The molecule has 0 radical (unpaired) electrons. The molecule has 16 heavy (non-hydrogen) atoms. The lowest BCUT2D eigenvalue weighted by Crippen LogP contribution is -2.13. The van der Waals surface area contributed by atoms with E-state index in [1.807, 2.05) is 30.3 Å². The number of nitrogens with zero attached hydrogens (tertiary/aromatic N) is 4. The zero-order valence-electron chi connectivity index (χ0n) is 8.45. The zero-order chi connectivity index (χ0) is 11.4. The van der Waals surface area contributed by atoms with E-state index in [-0.39, 0.29) is 6.54 Å². The third-order valence-corrected chi connectivity index (χ3v) is 2.10. The summed E-state index contributed by atoms with van der Waals surface area (Å²) in [5.74, 6) is -0.407. The van der Waals surface area contributed by atoms with E-state index in [0.29, 0.717) is 12.2 Å². The number of hydrogen-bond acceptors (Lipinski definition) is 4. The number of carbonyl (C=O) groups is 1. The quantitative estimate of drug-likeness (QED) is 0.800. The summed E-state index contributed by atoms with van der Waals surface area (Å²) in [4.78, 5) is 10.6. The maximum Gasteiger partial charge on any atom is 0.325 e. The van der Waals surface area contributed by atoms with Crippen LogP contribution in [-0.2, 0) is 17.8 Å². The van der Waals surface area contributed by atoms with Crippen LogP contribution >= 0.6 is 0 Å². The summed E-state index contributed by atoms with van der Waals surface area (Å²) >= 11 is 0. The predicted molar refractivity (Wildman–Crippen MR) is 54.7 cm³/mol. The van der Waals surface area contributed by atoms with Gasteiger partial charge in [-0.05, 0) is 16.0 Å². The number of carboxylic acids is 1. The van der Waals surface area contributed by atoms with Gasteiger partial charge in [-0.15, -0.1) is 5.10 Å². The molecule has 0 aliphatic rings. The van der Waals surface area contributed by atoms with E-state index in [9.17, 15) is 4.79 Å². The minimum absolute atomic E-state index is 0.213. The Morgan fingerprint density at radius 1 is 1.31 bits per heavy atom. The van der Waals surface area contributed by atoms with Crippen molar-refractivity contribution >= 4 is 5.97 Å². The molecule has 0 saturated heterocycles. The molecule has 1 aromatic carbocycles. The Bertz CT molecular complexity index is 481. The molecule has 1 heterocycles. The van der Waals surface area contributed by atoms with Crippen molar-refractivity contribution in [3.05, 3.63) is 41.7 Å². The molecule has 2 aromatic rings. The highest BCUT2D eigenvalue weighted by molar-refractivity contribution is 5.66. The van der Waals surface area contributed by atoms with Crippen LogP contribution in [0.25, 0.3) is 0 Å². The summed E-state index contributed by atoms with van der Waals surface area (Å²) < 4.78 is 1.29. The second-order valence-corrected chi connectivity index (χ2v) is 3.31. The molecule has 0 aliphatic carbocycles. The molecule has 0 unspecified atom stereocenters. The molecule has 82 valence electrons. The van der Waals surface area contributed by atoms with Gasteiger partial charge in [0, 0.05) is 6.42 Å². The number of benzene rings is 1. The van der Waals surface area contributed by atoms with Crippen LogP contribution in [0.15, 0.2) is 30.3 Å². The summed E-state index contributed by atoms with van der Waals surface area (Å²) in [6.45, 7) is -0.213. The summed E-state index contributed by atoms with van der Waals surface area (Å²) in [6.07, 6.45) is 0.529. The largest absolute Gasteiger partial charge is 0.480 e. The molecule has 1 N–H and O–H groups in total. The van der Waals surface area contributed by atoms with E-state index >= 15 is 0 Å². The molecule has 6 nitrogen and oxygen atoms in total. The van der Waals surface area contributed by atoms with E-state index in [4.69, 9.17) is 5.11 Å². The molecule has 0 aliphatic heterocycles. The summed E-state index contributed by atoms with van der Waals surface area (Å²) in [5.41, 5.74) is 1.05. The average molecular weight is 218 g/mol. The molecule has 0 spiro atoms. The van der Waals surface area contributed by atoms with Crippen LogP contribution in [0.1, 0.15) is 11.4 Å². The average Bonchev–Trinajstić information content (AvgIpc) is 2.66. The van der Waals surface area contributed by atoms with Crippen LogP contribution < -0.4 is 0 Å². The van der Waals surface area contributed by atoms with Gasteiger partial charge < -0.3 is 5.11 Å². The maximum atomic E-state index is 10.6. The summed E-state index contributed by atoms with van der Waals surface area (Å²) in [5, 5.41) is 19.6. The smallest absolute Gasteiger partial charge is 0.325 e. The highest BCUT2D eigenvalue weighted by Crippen LogP contribution is 2.05. The van der Waals surface area contributed by atoms with E-state index in [2.05, 4.69) is 15.5 Å². The van der Waals surface area contributed by atoms with E-state index in [1.165, 1.54) is 4.68 Å². The highest BCUT2D eigenvalue weighted by atomic mass is 16.4. The SMILES string of the molecule is O=C(O)Cn1nnnc1Cc1ccccc1. The zero-order valence-corrected chi connectivity index (χ0v) is 8.45. The van der Waals surface area contributed by atoms with Crippen LogP contribution in [0.5, 0.6) is 0 Å². The molecule has 0 fully saturated rings. The molecular formula is C10H10N4O2. The Morgan fingerprint density at radius 3 is 2.75 bits per heavy atom. The van der Waals surface area contributed by atoms with Crippen molar-refractivity contribution in [1.82, 2.24) is 20.2 Å². The van der Waals surface area contributed by atoms with Crippen LogP contribution in [-0.4, -0.2) is 31.3 Å². The van der Waals surface area contributed by atoms with E-state index < -0.39 is 5.97 Å². The highest BCUT2D eigenvalue weighted by Gasteiger charge is 2.09. The van der Waals surface area contributed by atoms with Gasteiger partial charge in [0.05, 0.1) is 0 Å². The first-order chi connectivity index (χ1) is 7.75. The predicted octanol–water partition coefficient (Wildman–Crippen LogP) is 0.348. The Balaban J connectivity index is 2.16. The van der Waals surface area contributed by atoms with Gasteiger partial charge in [-0.25, -0.2) is 4.68 Å². The molecule has 1 aromatic heterocycles. The van der Waals surface area contributed by atoms with Gasteiger partial charge in [0.25, 0.3) is 0 Å². The number of hydrogen-bond donors (Lipinski definition) is 1. The normalized spacial score (nSPS) is 10.2. The van der Waals surface area contributed by atoms with Gasteiger partial charge in [0.1, 0.15) is 6.54 Å². The van der Waals surface area contributed by atoms with Crippen molar-refractivity contribution in [2.24, 2.45) is 0 Å². The van der Waals surface area contributed by atoms with Gasteiger partial charge in [-0.1, -0.05) is 30.3 Å². The lowest BCUT2D eigenvalue weighted by Gasteiger charge is -2.01. The van der Waals surface area contributed by atoms with Gasteiger partial charge in [-0.3, -0.25) is 4.79 Å². The number of rotatable bonds is 4. The Kier molecular flexibility index (Phi) is 2.90. The fourth-order valence-corrected chi connectivity index (χ4v) is 1.38. The first-order valence-corrected chi connectivity index (χ1v) is 4.76. The molecule has 0 saturated carbocycles. The van der Waals surface area contributed by atoms with Crippen LogP contribution in [0.4, 0.5) is 0 Å². The lowest BCUT2D eigenvalue weighted by molar-refractivity contribution is -0.138. The summed E-state index contributed by atoms with van der Waals surface area (Å²) in [7, 11) is 0. The molecule has 0 amide bonds.